The molecular formula is C20H25FN2O2S. The van der Waals surface area contributed by atoms with Crippen molar-refractivity contribution in [2.75, 3.05) is 32.7 Å². The van der Waals surface area contributed by atoms with Crippen LogP contribution < -0.4 is 0 Å². The van der Waals surface area contributed by atoms with E-state index in [1.165, 1.54) is 12.1 Å². The minimum absolute atomic E-state index is 0.209. The molecule has 0 aliphatic carbocycles. The summed E-state index contributed by atoms with van der Waals surface area (Å²) in [5.74, 6) is -0.209. The summed E-state index contributed by atoms with van der Waals surface area (Å²) in [5, 5.41) is 0. The highest BCUT2D eigenvalue weighted by Gasteiger charge is 2.28. The van der Waals surface area contributed by atoms with E-state index < -0.39 is 10.0 Å². The maximum Gasteiger partial charge on any atom is 0.243 e. The monoisotopic (exact) mass is 376 g/mol. The lowest BCUT2D eigenvalue weighted by atomic mass is 10.1. The van der Waals surface area contributed by atoms with E-state index in [1.807, 2.05) is 25.1 Å². The molecule has 1 aliphatic heterocycles. The van der Waals surface area contributed by atoms with Crippen molar-refractivity contribution in [1.82, 2.24) is 9.21 Å². The molecule has 0 N–H and O–H groups in total. The average molecular weight is 376 g/mol. The Bertz CT molecular complexity index is 829. The third kappa shape index (κ3) is 4.69. The summed E-state index contributed by atoms with van der Waals surface area (Å²) in [4.78, 5) is 2.67. The van der Waals surface area contributed by atoms with Crippen molar-refractivity contribution >= 4 is 10.0 Å². The van der Waals surface area contributed by atoms with Gasteiger partial charge in [-0.25, -0.2) is 12.8 Å². The van der Waals surface area contributed by atoms with Gasteiger partial charge >= 0.3 is 0 Å². The summed E-state index contributed by atoms with van der Waals surface area (Å²) in [7, 11) is -3.40. The Morgan fingerprint density at radius 2 is 1.69 bits per heavy atom. The van der Waals surface area contributed by atoms with E-state index in [0.29, 0.717) is 18.0 Å². The lowest BCUT2D eigenvalue weighted by molar-refractivity contribution is 0.187. The van der Waals surface area contributed by atoms with Crippen LogP contribution in [-0.2, 0) is 16.4 Å². The van der Waals surface area contributed by atoms with E-state index in [9.17, 15) is 12.8 Å². The van der Waals surface area contributed by atoms with Gasteiger partial charge in [-0.1, -0.05) is 24.3 Å². The van der Waals surface area contributed by atoms with Gasteiger partial charge in [0.15, 0.2) is 0 Å². The van der Waals surface area contributed by atoms with Gasteiger partial charge in [-0.15, -0.1) is 0 Å². The number of rotatable bonds is 6. The molecule has 0 atom stereocenters. The molecule has 1 fully saturated rings. The first-order valence-electron chi connectivity index (χ1n) is 8.99. The summed E-state index contributed by atoms with van der Waals surface area (Å²) in [6.45, 7) is 5.36. The summed E-state index contributed by atoms with van der Waals surface area (Å²) in [6, 6.07) is 13.7. The topological polar surface area (TPSA) is 40.6 Å². The van der Waals surface area contributed by atoms with E-state index >= 15 is 0 Å². The molecule has 2 aromatic carbocycles. The summed E-state index contributed by atoms with van der Waals surface area (Å²) in [6.07, 6.45) is 1.89. The fourth-order valence-electron chi connectivity index (χ4n) is 3.28. The summed E-state index contributed by atoms with van der Waals surface area (Å²) in [5.41, 5.74) is 2.08. The number of nitrogens with zero attached hydrogens (tertiary/aromatic N) is 2. The van der Waals surface area contributed by atoms with Crippen molar-refractivity contribution < 1.29 is 12.8 Å². The molecule has 0 unspecified atom stereocenters. The number of piperazine rings is 1. The minimum Gasteiger partial charge on any atom is -0.301 e. The van der Waals surface area contributed by atoms with Crippen molar-refractivity contribution in [1.29, 1.82) is 0 Å². The lowest BCUT2D eigenvalue weighted by Gasteiger charge is -2.34. The second-order valence-corrected chi connectivity index (χ2v) is 8.73. The molecule has 1 heterocycles. The van der Waals surface area contributed by atoms with Crippen molar-refractivity contribution in [3.05, 3.63) is 65.5 Å². The van der Waals surface area contributed by atoms with Gasteiger partial charge in [-0.05, 0) is 61.7 Å². The van der Waals surface area contributed by atoms with E-state index in [0.717, 1.165) is 43.6 Å². The van der Waals surface area contributed by atoms with Crippen LogP contribution in [0.2, 0.25) is 0 Å². The van der Waals surface area contributed by atoms with Gasteiger partial charge in [0.2, 0.25) is 10.0 Å². The van der Waals surface area contributed by atoms with Gasteiger partial charge in [0.1, 0.15) is 5.82 Å². The Kier molecular flexibility index (Phi) is 6.06. The first-order chi connectivity index (χ1) is 12.4. The molecule has 140 valence electrons. The zero-order chi connectivity index (χ0) is 18.6. The highest BCUT2D eigenvalue weighted by molar-refractivity contribution is 7.89. The zero-order valence-electron chi connectivity index (χ0n) is 15.1. The molecule has 0 bridgehead atoms. The smallest absolute Gasteiger partial charge is 0.243 e. The molecule has 0 saturated carbocycles. The van der Waals surface area contributed by atoms with E-state index in [-0.39, 0.29) is 5.82 Å². The van der Waals surface area contributed by atoms with Crippen LogP contribution in [-0.4, -0.2) is 50.3 Å². The Balaban J connectivity index is 1.48. The maximum absolute atomic E-state index is 12.9. The van der Waals surface area contributed by atoms with Crippen LogP contribution >= 0.6 is 0 Å². The molecule has 26 heavy (non-hydrogen) atoms. The molecule has 3 rings (SSSR count). The molecular weight excluding hydrogens is 351 g/mol. The van der Waals surface area contributed by atoms with Crippen molar-refractivity contribution in [3.8, 4) is 0 Å². The normalized spacial score (nSPS) is 16.7. The van der Waals surface area contributed by atoms with Crippen molar-refractivity contribution in [2.45, 2.75) is 24.7 Å². The number of aryl methyl sites for hydroxylation is 2. The van der Waals surface area contributed by atoms with Crippen LogP contribution in [0.1, 0.15) is 17.5 Å². The second-order valence-electron chi connectivity index (χ2n) is 6.79. The molecule has 0 spiro atoms. The quantitative estimate of drug-likeness (QED) is 0.778. The Morgan fingerprint density at radius 1 is 1.00 bits per heavy atom. The molecule has 4 nitrogen and oxygen atoms in total. The van der Waals surface area contributed by atoms with Gasteiger partial charge in [0, 0.05) is 26.2 Å². The number of hydrogen-bond donors (Lipinski definition) is 0. The van der Waals surface area contributed by atoms with Gasteiger partial charge in [0.05, 0.1) is 4.90 Å². The first kappa shape index (κ1) is 19.0. The van der Waals surface area contributed by atoms with Crippen LogP contribution in [0.15, 0.2) is 53.4 Å². The molecule has 2 aromatic rings. The Hall–Kier alpha value is -1.76. The third-order valence-electron chi connectivity index (χ3n) is 4.81. The van der Waals surface area contributed by atoms with Crippen LogP contribution in [0.25, 0.3) is 0 Å². The summed E-state index contributed by atoms with van der Waals surface area (Å²) < 4.78 is 40.0. The molecule has 1 aliphatic rings. The summed E-state index contributed by atoms with van der Waals surface area (Å²) >= 11 is 0. The Labute approximate surface area is 155 Å². The predicted molar refractivity (Wildman–Crippen MR) is 101 cm³/mol. The molecule has 0 aromatic heterocycles. The zero-order valence-corrected chi connectivity index (χ0v) is 15.9. The van der Waals surface area contributed by atoms with Gasteiger partial charge in [0.25, 0.3) is 0 Å². The van der Waals surface area contributed by atoms with Crippen molar-refractivity contribution in [3.63, 3.8) is 0 Å². The molecule has 0 amide bonds. The average Bonchev–Trinajstić information content (AvgIpc) is 2.64. The number of halogens is 1. The van der Waals surface area contributed by atoms with Crippen LogP contribution in [0, 0.1) is 12.7 Å². The van der Waals surface area contributed by atoms with Gasteiger partial charge in [-0.2, -0.15) is 4.31 Å². The Morgan fingerprint density at radius 3 is 2.35 bits per heavy atom. The van der Waals surface area contributed by atoms with Crippen LogP contribution in [0.4, 0.5) is 4.39 Å². The molecule has 1 saturated heterocycles. The maximum atomic E-state index is 12.9. The lowest BCUT2D eigenvalue weighted by Crippen LogP contribution is -2.48. The highest BCUT2D eigenvalue weighted by Crippen LogP contribution is 2.19. The first-order valence-corrected chi connectivity index (χ1v) is 10.4. The third-order valence-corrected chi connectivity index (χ3v) is 6.71. The minimum atomic E-state index is -3.40. The predicted octanol–water partition coefficient (Wildman–Crippen LogP) is 3.07. The van der Waals surface area contributed by atoms with Crippen molar-refractivity contribution in [2.24, 2.45) is 0 Å². The van der Waals surface area contributed by atoms with Gasteiger partial charge in [-0.3, -0.25) is 0 Å². The SMILES string of the molecule is Cc1cccc(S(=O)(=O)N2CCN(CCCc3ccc(F)cc3)CC2)c1. The second kappa shape index (κ2) is 8.29. The number of hydrogen-bond acceptors (Lipinski definition) is 3. The molecule has 0 radical (unpaired) electrons. The van der Waals surface area contributed by atoms with E-state index in [2.05, 4.69) is 4.90 Å². The van der Waals surface area contributed by atoms with E-state index in [1.54, 1.807) is 22.5 Å². The fraction of sp³-hybridized carbons (Fsp3) is 0.400. The number of sulfonamides is 1. The number of benzene rings is 2. The molecule has 6 heteroatoms. The van der Waals surface area contributed by atoms with Crippen LogP contribution in [0.5, 0.6) is 0 Å². The fourth-order valence-corrected chi connectivity index (χ4v) is 4.80. The highest BCUT2D eigenvalue weighted by atomic mass is 32.2. The largest absolute Gasteiger partial charge is 0.301 e. The van der Waals surface area contributed by atoms with Crippen LogP contribution in [0.3, 0.4) is 0 Å². The standard InChI is InChI=1S/C20H25FN2O2S/c1-17-4-2-6-20(16-17)26(24,25)23-14-12-22(13-15-23)11-3-5-18-7-9-19(21)10-8-18/h2,4,6-10,16H,3,5,11-15H2,1H3. The van der Waals surface area contributed by atoms with E-state index in [4.69, 9.17) is 0 Å². The van der Waals surface area contributed by atoms with Gasteiger partial charge < -0.3 is 4.90 Å².